The van der Waals surface area contributed by atoms with Crippen LogP contribution in [-0.2, 0) is 13.2 Å². The zero-order valence-corrected chi connectivity index (χ0v) is 15.6. The van der Waals surface area contributed by atoms with Gasteiger partial charge in [-0.3, -0.25) is 0 Å². The molecule has 0 aliphatic rings. The van der Waals surface area contributed by atoms with E-state index in [2.05, 4.69) is 34.2 Å². The standard InChI is InChI=1S/C17H19BrClNO.ClH/c1-2-9-20-11-14-10-15(18)7-8-17(14)21-12-13-5-3-4-6-16(13)19;/h3-8,10,20H,2,9,11-12H2,1H3;1H. The highest BCUT2D eigenvalue weighted by Gasteiger charge is 2.06. The lowest BCUT2D eigenvalue weighted by Gasteiger charge is -2.13. The van der Waals surface area contributed by atoms with Gasteiger partial charge in [-0.25, -0.2) is 0 Å². The normalized spacial score (nSPS) is 10.1. The number of hydrogen-bond donors (Lipinski definition) is 1. The molecule has 2 nitrogen and oxygen atoms in total. The van der Waals surface area contributed by atoms with Gasteiger partial charge in [0.25, 0.3) is 0 Å². The molecular weight excluding hydrogens is 385 g/mol. The molecule has 0 unspecified atom stereocenters. The van der Waals surface area contributed by atoms with Crippen LogP contribution in [0.3, 0.4) is 0 Å². The highest BCUT2D eigenvalue weighted by Crippen LogP contribution is 2.25. The van der Waals surface area contributed by atoms with Crippen LogP contribution in [0.15, 0.2) is 46.9 Å². The minimum Gasteiger partial charge on any atom is -0.489 e. The van der Waals surface area contributed by atoms with Crippen molar-refractivity contribution in [2.75, 3.05) is 6.54 Å². The zero-order valence-electron chi connectivity index (χ0n) is 12.4. The van der Waals surface area contributed by atoms with E-state index in [0.717, 1.165) is 45.9 Å². The molecule has 2 rings (SSSR count). The van der Waals surface area contributed by atoms with Gasteiger partial charge in [0.05, 0.1) is 0 Å². The molecule has 0 heterocycles. The Morgan fingerprint density at radius 1 is 1.14 bits per heavy atom. The second-order valence-electron chi connectivity index (χ2n) is 4.81. The van der Waals surface area contributed by atoms with Crippen LogP contribution in [0.1, 0.15) is 24.5 Å². The average molecular weight is 405 g/mol. The molecule has 2 aromatic rings. The summed E-state index contributed by atoms with van der Waals surface area (Å²) >= 11 is 9.67. The Hall–Kier alpha value is -0.740. The summed E-state index contributed by atoms with van der Waals surface area (Å²) in [5.41, 5.74) is 2.14. The van der Waals surface area contributed by atoms with E-state index in [9.17, 15) is 0 Å². The molecular formula is C17H20BrCl2NO. The number of halogens is 3. The minimum absolute atomic E-state index is 0. The van der Waals surface area contributed by atoms with Crippen molar-refractivity contribution in [3.8, 4) is 5.75 Å². The van der Waals surface area contributed by atoms with E-state index in [-0.39, 0.29) is 12.4 Å². The van der Waals surface area contributed by atoms with E-state index < -0.39 is 0 Å². The fraction of sp³-hybridized carbons (Fsp3) is 0.294. The summed E-state index contributed by atoms with van der Waals surface area (Å²) in [6, 6.07) is 13.8. The van der Waals surface area contributed by atoms with E-state index in [1.807, 2.05) is 36.4 Å². The van der Waals surface area contributed by atoms with Crippen LogP contribution in [0.5, 0.6) is 5.75 Å². The van der Waals surface area contributed by atoms with Crippen molar-refractivity contribution >= 4 is 39.9 Å². The van der Waals surface area contributed by atoms with E-state index >= 15 is 0 Å². The third kappa shape index (κ3) is 5.81. The smallest absolute Gasteiger partial charge is 0.124 e. The Kier molecular flexibility index (Phi) is 8.88. The van der Waals surface area contributed by atoms with Crippen molar-refractivity contribution in [2.45, 2.75) is 26.5 Å². The molecule has 0 bridgehead atoms. The van der Waals surface area contributed by atoms with E-state index in [1.54, 1.807) is 0 Å². The second-order valence-corrected chi connectivity index (χ2v) is 6.13. The summed E-state index contributed by atoms with van der Waals surface area (Å²) in [5.74, 6) is 0.890. The monoisotopic (exact) mass is 403 g/mol. The SMILES string of the molecule is CCCNCc1cc(Br)ccc1OCc1ccccc1Cl.Cl. The lowest BCUT2D eigenvalue weighted by Crippen LogP contribution is -2.14. The summed E-state index contributed by atoms with van der Waals surface area (Å²) in [4.78, 5) is 0. The van der Waals surface area contributed by atoms with Crippen LogP contribution < -0.4 is 10.1 Å². The van der Waals surface area contributed by atoms with E-state index in [0.29, 0.717) is 6.61 Å². The van der Waals surface area contributed by atoms with Crippen LogP contribution in [-0.4, -0.2) is 6.54 Å². The number of ether oxygens (including phenoxy) is 1. The van der Waals surface area contributed by atoms with Crippen LogP contribution in [0.4, 0.5) is 0 Å². The van der Waals surface area contributed by atoms with Crippen molar-refractivity contribution < 1.29 is 4.74 Å². The molecule has 0 saturated carbocycles. The predicted molar refractivity (Wildman–Crippen MR) is 99.2 cm³/mol. The number of rotatable bonds is 7. The lowest BCUT2D eigenvalue weighted by molar-refractivity contribution is 0.302. The van der Waals surface area contributed by atoms with Crippen molar-refractivity contribution in [2.24, 2.45) is 0 Å². The molecule has 0 spiro atoms. The van der Waals surface area contributed by atoms with Gasteiger partial charge in [-0.2, -0.15) is 0 Å². The maximum Gasteiger partial charge on any atom is 0.124 e. The first kappa shape index (κ1) is 19.3. The van der Waals surface area contributed by atoms with Gasteiger partial charge in [-0.1, -0.05) is 52.7 Å². The molecule has 2 aromatic carbocycles. The van der Waals surface area contributed by atoms with Crippen molar-refractivity contribution in [1.82, 2.24) is 5.32 Å². The molecule has 0 atom stereocenters. The van der Waals surface area contributed by atoms with E-state index in [1.165, 1.54) is 0 Å². The molecule has 0 fully saturated rings. The molecule has 0 aromatic heterocycles. The molecule has 5 heteroatoms. The lowest BCUT2D eigenvalue weighted by atomic mass is 10.2. The van der Waals surface area contributed by atoms with Crippen LogP contribution >= 0.6 is 39.9 Å². The van der Waals surface area contributed by atoms with Gasteiger partial charge in [0.2, 0.25) is 0 Å². The fourth-order valence-corrected chi connectivity index (χ4v) is 2.60. The van der Waals surface area contributed by atoms with Gasteiger partial charge >= 0.3 is 0 Å². The molecule has 120 valence electrons. The summed E-state index contributed by atoms with van der Waals surface area (Å²) in [5, 5.41) is 4.14. The van der Waals surface area contributed by atoms with Gasteiger partial charge in [-0.05, 0) is 37.2 Å². The summed E-state index contributed by atoms with van der Waals surface area (Å²) in [6.45, 7) is 4.42. The molecule has 1 N–H and O–H groups in total. The summed E-state index contributed by atoms with van der Waals surface area (Å²) in [7, 11) is 0. The Labute approximate surface area is 151 Å². The quantitative estimate of drug-likeness (QED) is 0.606. The molecule has 22 heavy (non-hydrogen) atoms. The first-order valence-corrected chi connectivity index (χ1v) is 8.23. The summed E-state index contributed by atoms with van der Waals surface area (Å²) in [6.07, 6.45) is 1.11. The minimum atomic E-state index is 0. The first-order valence-electron chi connectivity index (χ1n) is 7.06. The maximum absolute atomic E-state index is 6.16. The van der Waals surface area contributed by atoms with Gasteiger partial charge in [0.1, 0.15) is 12.4 Å². The largest absolute Gasteiger partial charge is 0.489 e. The molecule has 0 saturated heterocycles. The average Bonchev–Trinajstić information content (AvgIpc) is 2.48. The molecule has 0 amide bonds. The highest BCUT2D eigenvalue weighted by atomic mass is 79.9. The van der Waals surface area contributed by atoms with Gasteiger partial charge in [-0.15, -0.1) is 12.4 Å². The number of nitrogens with one attached hydrogen (secondary N) is 1. The maximum atomic E-state index is 6.16. The molecule has 0 aliphatic carbocycles. The predicted octanol–water partition coefficient (Wildman–Crippen LogP) is 5.60. The van der Waals surface area contributed by atoms with Gasteiger partial charge < -0.3 is 10.1 Å². The Morgan fingerprint density at radius 3 is 2.64 bits per heavy atom. The van der Waals surface area contributed by atoms with Crippen LogP contribution in [0.2, 0.25) is 5.02 Å². The first-order chi connectivity index (χ1) is 10.2. The molecule has 0 aliphatic heterocycles. The fourth-order valence-electron chi connectivity index (χ4n) is 2.00. The highest BCUT2D eigenvalue weighted by molar-refractivity contribution is 9.10. The number of hydrogen-bond acceptors (Lipinski definition) is 2. The van der Waals surface area contributed by atoms with Crippen molar-refractivity contribution in [3.63, 3.8) is 0 Å². The van der Waals surface area contributed by atoms with Gasteiger partial charge in [0, 0.05) is 27.2 Å². The third-order valence-corrected chi connectivity index (χ3v) is 3.97. The Balaban J connectivity index is 0.00000242. The number of benzene rings is 2. The van der Waals surface area contributed by atoms with Crippen LogP contribution in [0, 0.1) is 0 Å². The second kappa shape index (κ2) is 10.1. The van der Waals surface area contributed by atoms with Crippen molar-refractivity contribution in [3.05, 3.63) is 63.1 Å². The van der Waals surface area contributed by atoms with E-state index in [4.69, 9.17) is 16.3 Å². The van der Waals surface area contributed by atoms with Crippen molar-refractivity contribution in [1.29, 1.82) is 0 Å². The zero-order chi connectivity index (χ0) is 15.1. The van der Waals surface area contributed by atoms with Crippen LogP contribution in [0.25, 0.3) is 0 Å². The molecule has 0 radical (unpaired) electrons. The Morgan fingerprint density at radius 2 is 1.91 bits per heavy atom. The topological polar surface area (TPSA) is 21.3 Å². The Bertz CT molecular complexity index is 593. The third-order valence-electron chi connectivity index (χ3n) is 3.11. The summed E-state index contributed by atoms with van der Waals surface area (Å²) < 4.78 is 7.00. The van der Waals surface area contributed by atoms with Gasteiger partial charge in [0.15, 0.2) is 0 Å².